The molecule has 0 bridgehead atoms. The molecule has 126 valence electrons. The Morgan fingerprint density at radius 3 is 2.72 bits per heavy atom. The van der Waals surface area contributed by atoms with Crippen molar-refractivity contribution in [3.05, 3.63) is 54.3 Å². The van der Waals surface area contributed by atoms with Gasteiger partial charge in [-0.25, -0.2) is 19.6 Å². The zero-order valence-corrected chi connectivity index (χ0v) is 13.8. The van der Waals surface area contributed by atoms with E-state index in [4.69, 9.17) is 11.6 Å². The van der Waals surface area contributed by atoms with Gasteiger partial charge in [0.25, 0.3) is 0 Å². The monoisotopic (exact) mass is 355 g/mol. The van der Waals surface area contributed by atoms with Crippen LogP contribution in [0, 0.1) is 5.92 Å². The summed E-state index contributed by atoms with van der Waals surface area (Å²) in [7, 11) is 0. The summed E-state index contributed by atoms with van der Waals surface area (Å²) in [5, 5.41) is 7.44. The maximum absolute atomic E-state index is 12.3. The number of rotatable bonds is 4. The number of hydrogen-bond donors (Lipinski definition) is 1. The minimum absolute atomic E-state index is 0.0464. The second-order valence-corrected chi connectivity index (χ2v) is 6.05. The lowest BCUT2D eigenvalue weighted by atomic mass is 9.99. The van der Waals surface area contributed by atoms with Gasteiger partial charge in [-0.05, 0) is 12.1 Å². The van der Waals surface area contributed by atoms with E-state index >= 15 is 0 Å². The molecule has 1 aliphatic rings. The Morgan fingerprint density at radius 1 is 1.16 bits per heavy atom. The molecule has 0 saturated carbocycles. The highest BCUT2D eigenvalue weighted by atomic mass is 35.5. The number of nitrogens with zero attached hydrogens (tertiary/aromatic N) is 6. The summed E-state index contributed by atoms with van der Waals surface area (Å²) in [5.41, 5.74) is 0.628. The van der Waals surface area contributed by atoms with Gasteiger partial charge >= 0.3 is 0 Å². The Balaban J connectivity index is 1.40. The molecule has 0 aliphatic carbocycles. The van der Waals surface area contributed by atoms with Crippen LogP contribution >= 0.6 is 11.6 Å². The Bertz CT molecular complexity index is 893. The first-order valence-electron chi connectivity index (χ1n) is 7.68. The molecule has 1 aromatic carbocycles. The average molecular weight is 356 g/mol. The lowest BCUT2D eigenvalue weighted by molar-refractivity contribution is -0.120. The Morgan fingerprint density at radius 2 is 1.96 bits per heavy atom. The van der Waals surface area contributed by atoms with Gasteiger partial charge in [-0.1, -0.05) is 23.7 Å². The van der Waals surface area contributed by atoms with Gasteiger partial charge in [-0.3, -0.25) is 4.79 Å². The predicted octanol–water partition coefficient (Wildman–Crippen LogP) is 1.79. The van der Waals surface area contributed by atoms with Gasteiger partial charge in [0.05, 0.1) is 16.6 Å². The normalized spacial score (nSPS) is 14.2. The molecule has 2 aromatic heterocycles. The van der Waals surface area contributed by atoms with E-state index in [1.54, 1.807) is 23.1 Å². The SMILES string of the molecule is O=C(Nc1ccccc1Cl)C1CN(c2cc(-n3cncn3)ncn2)C1. The summed E-state index contributed by atoms with van der Waals surface area (Å²) in [4.78, 5) is 26.7. The van der Waals surface area contributed by atoms with E-state index in [0.717, 1.165) is 5.82 Å². The van der Waals surface area contributed by atoms with Gasteiger partial charge in [0.2, 0.25) is 5.91 Å². The fourth-order valence-electron chi connectivity index (χ4n) is 2.59. The number of halogens is 1. The molecular weight excluding hydrogens is 342 g/mol. The maximum atomic E-state index is 12.3. The van der Waals surface area contributed by atoms with Crippen molar-refractivity contribution in [3.63, 3.8) is 0 Å². The summed E-state index contributed by atoms with van der Waals surface area (Å²) in [6.45, 7) is 1.17. The molecule has 25 heavy (non-hydrogen) atoms. The number of carbonyl (C=O) groups is 1. The quantitative estimate of drug-likeness (QED) is 0.767. The molecule has 3 aromatic rings. The number of aromatic nitrogens is 5. The van der Waals surface area contributed by atoms with E-state index in [2.05, 4.69) is 25.4 Å². The van der Waals surface area contributed by atoms with Crippen LogP contribution in [0.3, 0.4) is 0 Å². The zero-order chi connectivity index (χ0) is 17.2. The highest BCUT2D eigenvalue weighted by Gasteiger charge is 2.34. The van der Waals surface area contributed by atoms with Crippen LogP contribution in [-0.4, -0.2) is 43.7 Å². The highest BCUT2D eigenvalue weighted by Crippen LogP contribution is 2.26. The van der Waals surface area contributed by atoms with Gasteiger partial charge in [0.15, 0.2) is 5.82 Å². The Labute approximate surface area is 148 Å². The van der Waals surface area contributed by atoms with Crippen molar-refractivity contribution in [1.82, 2.24) is 24.7 Å². The molecule has 8 nitrogen and oxygen atoms in total. The first-order chi connectivity index (χ1) is 12.2. The summed E-state index contributed by atoms with van der Waals surface area (Å²) in [6.07, 6.45) is 4.49. The molecule has 9 heteroatoms. The summed E-state index contributed by atoms with van der Waals surface area (Å²) < 4.78 is 1.56. The number of para-hydroxylation sites is 1. The number of carbonyl (C=O) groups excluding carboxylic acids is 1. The average Bonchev–Trinajstić information content (AvgIpc) is 3.10. The molecule has 0 radical (unpaired) electrons. The van der Waals surface area contributed by atoms with Crippen LogP contribution in [0.4, 0.5) is 11.5 Å². The lowest BCUT2D eigenvalue weighted by Crippen LogP contribution is -2.52. The van der Waals surface area contributed by atoms with E-state index in [9.17, 15) is 4.79 Å². The molecule has 1 aliphatic heterocycles. The minimum atomic E-state index is -0.110. The molecule has 4 rings (SSSR count). The fraction of sp³-hybridized carbons (Fsp3) is 0.188. The summed E-state index contributed by atoms with van der Waals surface area (Å²) in [5.74, 6) is 1.23. The van der Waals surface area contributed by atoms with Crippen LogP contribution in [0.5, 0.6) is 0 Å². The van der Waals surface area contributed by atoms with E-state index in [-0.39, 0.29) is 11.8 Å². The third-order valence-electron chi connectivity index (χ3n) is 4.00. The van der Waals surface area contributed by atoms with Crippen LogP contribution in [0.2, 0.25) is 5.02 Å². The largest absolute Gasteiger partial charge is 0.355 e. The van der Waals surface area contributed by atoms with Gasteiger partial charge in [-0.2, -0.15) is 5.10 Å². The van der Waals surface area contributed by atoms with Crippen LogP contribution in [0.1, 0.15) is 0 Å². The molecule has 1 fully saturated rings. The second-order valence-electron chi connectivity index (χ2n) is 5.65. The van der Waals surface area contributed by atoms with Crippen LogP contribution in [-0.2, 0) is 4.79 Å². The zero-order valence-electron chi connectivity index (χ0n) is 13.1. The number of benzene rings is 1. The van der Waals surface area contributed by atoms with Gasteiger partial charge in [0.1, 0.15) is 24.8 Å². The number of anilines is 2. The van der Waals surface area contributed by atoms with Crippen molar-refractivity contribution >= 4 is 29.0 Å². The summed E-state index contributed by atoms with van der Waals surface area (Å²) >= 11 is 6.07. The van der Waals surface area contributed by atoms with Crippen molar-refractivity contribution in [2.24, 2.45) is 5.92 Å². The fourth-order valence-corrected chi connectivity index (χ4v) is 2.77. The van der Waals surface area contributed by atoms with Crippen molar-refractivity contribution in [1.29, 1.82) is 0 Å². The van der Waals surface area contributed by atoms with E-state index in [1.165, 1.54) is 12.7 Å². The molecule has 1 saturated heterocycles. The molecule has 0 spiro atoms. The Kier molecular flexibility index (Phi) is 4.02. The number of nitrogens with one attached hydrogen (secondary N) is 1. The molecular formula is C16H14ClN7O. The maximum Gasteiger partial charge on any atom is 0.231 e. The summed E-state index contributed by atoms with van der Waals surface area (Å²) in [6, 6.07) is 9.01. The van der Waals surface area contributed by atoms with Crippen molar-refractivity contribution in [3.8, 4) is 5.82 Å². The lowest BCUT2D eigenvalue weighted by Gasteiger charge is -2.39. The Hall–Kier alpha value is -3.00. The predicted molar refractivity (Wildman–Crippen MR) is 92.7 cm³/mol. The second kappa shape index (κ2) is 6.48. The molecule has 1 amide bonds. The number of hydrogen-bond acceptors (Lipinski definition) is 6. The molecule has 3 heterocycles. The number of amides is 1. The molecule has 0 unspecified atom stereocenters. The van der Waals surface area contributed by atoms with Gasteiger partial charge in [-0.15, -0.1) is 0 Å². The highest BCUT2D eigenvalue weighted by molar-refractivity contribution is 6.33. The van der Waals surface area contributed by atoms with E-state index in [0.29, 0.717) is 29.6 Å². The first-order valence-corrected chi connectivity index (χ1v) is 8.06. The van der Waals surface area contributed by atoms with E-state index < -0.39 is 0 Å². The topological polar surface area (TPSA) is 88.8 Å². The van der Waals surface area contributed by atoms with Crippen LogP contribution in [0.25, 0.3) is 5.82 Å². The molecule has 0 atom stereocenters. The minimum Gasteiger partial charge on any atom is -0.355 e. The van der Waals surface area contributed by atoms with Crippen molar-refractivity contribution in [2.75, 3.05) is 23.3 Å². The smallest absolute Gasteiger partial charge is 0.231 e. The third-order valence-corrected chi connectivity index (χ3v) is 4.33. The standard InChI is InChI=1S/C16H14ClN7O/c17-12-3-1-2-4-13(12)22-16(25)11-6-23(7-11)14-5-15(20-9-19-14)24-10-18-8-21-24/h1-5,8-11H,6-7H2,(H,22,25). The van der Waals surface area contributed by atoms with Crippen LogP contribution in [0.15, 0.2) is 49.3 Å². The first kappa shape index (κ1) is 15.5. The third kappa shape index (κ3) is 3.16. The van der Waals surface area contributed by atoms with Crippen LogP contribution < -0.4 is 10.2 Å². The van der Waals surface area contributed by atoms with Crippen molar-refractivity contribution in [2.45, 2.75) is 0 Å². The van der Waals surface area contributed by atoms with Gasteiger partial charge in [0, 0.05) is 19.2 Å². The van der Waals surface area contributed by atoms with E-state index in [1.807, 2.05) is 23.1 Å². The molecule has 1 N–H and O–H groups in total. The van der Waals surface area contributed by atoms with Gasteiger partial charge < -0.3 is 10.2 Å². The van der Waals surface area contributed by atoms with Crippen molar-refractivity contribution < 1.29 is 4.79 Å².